The Morgan fingerprint density at radius 2 is 1.39 bits per heavy atom. The fourth-order valence-corrected chi connectivity index (χ4v) is 3.89. The van der Waals surface area contributed by atoms with E-state index in [1.165, 1.54) is 50.7 Å². The number of carbonyl (C=O) groups excluding carboxylic acids is 1. The summed E-state index contributed by atoms with van der Waals surface area (Å²) in [5.41, 5.74) is 2.02. The summed E-state index contributed by atoms with van der Waals surface area (Å²) < 4.78 is 4.80. The Bertz CT molecular complexity index is 1070. The van der Waals surface area contributed by atoms with Gasteiger partial charge in [0.2, 0.25) is 6.10 Å². The SMILES string of the molecule is O=C(O)CC(OC(=O)c1ccc(NCCCCCCCCCCCC#Cc2ccc(Cl)cc2)cc1)C(=O)O. The molecule has 0 bridgehead atoms. The molecule has 0 aliphatic heterocycles. The molecule has 204 valence electrons. The highest BCUT2D eigenvalue weighted by Gasteiger charge is 2.25. The van der Waals surface area contributed by atoms with Crippen LogP contribution in [0.5, 0.6) is 0 Å². The number of ether oxygens (including phenoxy) is 1. The molecule has 0 saturated carbocycles. The number of hydrogen-bond acceptors (Lipinski definition) is 5. The number of rotatable bonds is 17. The van der Waals surface area contributed by atoms with Crippen LogP contribution in [0.25, 0.3) is 0 Å². The van der Waals surface area contributed by atoms with E-state index in [9.17, 15) is 14.4 Å². The van der Waals surface area contributed by atoms with Gasteiger partial charge in [0, 0.05) is 29.2 Å². The minimum atomic E-state index is -1.72. The molecule has 0 aliphatic rings. The summed E-state index contributed by atoms with van der Waals surface area (Å²) in [4.78, 5) is 33.8. The predicted molar refractivity (Wildman–Crippen MR) is 149 cm³/mol. The quantitative estimate of drug-likeness (QED) is 0.115. The van der Waals surface area contributed by atoms with Crippen molar-refractivity contribution >= 4 is 35.2 Å². The summed E-state index contributed by atoms with van der Waals surface area (Å²) >= 11 is 5.87. The second-order valence-electron chi connectivity index (χ2n) is 9.07. The van der Waals surface area contributed by atoms with Gasteiger partial charge in [-0.15, -0.1) is 0 Å². The van der Waals surface area contributed by atoms with Gasteiger partial charge < -0.3 is 20.3 Å². The second-order valence-corrected chi connectivity index (χ2v) is 9.51. The average Bonchev–Trinajstić information content (AvgIpc) is 2.89. The number of hydrogen-bond donors (Lipinski definition) is 3. The van der Waals surface area contributed by atoms with Crippen molar-refractivity contribution in [2.45, 2.75) is 76.7 Å². The van der Waals surface area contributed by atoms with Gasteiger partial charge in [-0.3, -0.25) is 4.79 Å². The van der Waals surface area contributed by atoms with Crippen LogP contribution in [0.15, 0.2) is 48.5 Å². The third kappa shape index (κ3) is 13.2. The van der Waals surface area contributed by atoms with Crippen molar-refractivity contribution in [1.29, 1.82) is 0 Å². The molecule has 1 unspecified atom stereocenters. The molecule has 0 fully saturated rings. The molecule has 0 spiro atoms. The highest BCUT2D eigenvalue weighted by atomic mass is 35.5. The lowest BCUT2D eigenvalue weighted by Crippen LogP contribution is -2.29. The first-order chi connectivity index (χ1) is 18.3. The number of anilines is 1. The van der Waals surface area contributed by atoms with Gasteiger partial charge in [0.25, 0.3) is 0 Å². The number of carbonyl (C=O) groups is 3. The van der Waals surface area contributed by atoms with Crippen LogP contribution in [0.1, 0.15) is 86.6 Å². The van der Waals surface area contributed by atoms with Crippen molar-refractivity contribution in [3.05, 3.63) is 64.7 Å². The van der Waals surface area contributed by atoms with E-state index in [4.69, 9.17) is 26.6 Å². The molecule has 8 heteroatoms. The zero-order chi connectivity index (χ0) is 27.6. The van der Waals surface area contributed by atoms with Crippen molar-refractivity contribution in [2.24, 2.45) is 0 Å². The summed E-state index contributed by atoms with van der Waals surface area (Å²) in [6.07, 6.45) is 9.21. The normalized spacial score (nSPS) is 11.2. The molecule has 0 radical (unpaired) electrons. The maximum atomic E-state index is 12.1. The van der Waals surface area contributed by atoms with E-state index in [0.717, 1.165) is 48.5 Å². The van der Waals surface area contributed by atoms with E-state index >= 15 is 0 Å². The predicted octanol–water partition coefficient (Wildman–Crippen LogP) is 6.79. The Balaban J connectivity index is 1.47. The van der Waals surface area contributed by atoms with E-state index in [2.05, 4.69) is 17.2 Å². The third-order valence-electron chi connectivity index (χ3n) is 5.89. The van der Waals surface area contributed by atoms with Crippen LogP contribution in [-0.4, -0.2) is 40.8 Å². The van der Waals surface area contributed by atoms with Gasteiger partial charge in [0.15, 0.2) is 0 Å². The number of unbranched alkanes of at least 4 members (excludes halogenated alkanes) is 9. The molecule has 0 amide bonds. The minimum Gasteiger partial charge on any atom is -0.481 e. The van der Waals surface area contributed by atoms with Crippen molar-refractivity contribution in [3.8, 4) is 11.8 Å². The van der Waals surface area contributed by atoms with E-state index < -0.39 is 30.4 Å². The van der Waals surface area contributed by atoms with Crippen LogP contribution in [0.4, 0.5) is 5.69 Å². The van der Waals surface area contributed by atoms with Crippen LogP contribution >= 0.6 is 11.6 Å². The number of halogens is 1. The van der Waals surface area contributed by atoms with Gasteiger partial charge in [-0.2, -0.15) is 0 Å². The van der Waals surface area contributed by atoms with Gasteiger partial charge in [-0.25, -0.2) is 9.59 Å². The lowest BCUT2D eigenvalue weighted by atomic mass is 10.1. The van der Waals surface area contributed by atoms with Gasteiger partial charge in [0.1, 0.15) is 0 Å². The Hall–Kier alpha value is -3.50. The maximum Gasteiger partial charge on any atom is 0.345 e. The first-order valence-electron chi connectivity index (χ1n) is 13.1. The van der Waals surface area contributed by atoms with Crippen molar-refractivity contribution in [3.63, 3.8) is 0 Å². The molecule has 0 saturated heterocycles. The number of carboxylic acid groups (broad SMARTS) is 2. The van der Waals surface area contributed by atoms with Crippen molar-refractivity contribution in [1.82, 2.24) is 0 Å². The molecule has 0 heterocycles. The first-order valence-corrected chi connectivity index (χ1v) is 13.5. The molecule has 2 aromatic rings. The smallest absolute Gasteiger partial charge is 0.345 e. The van der Waals surface area contributed by atoms with Crippen LogP contribution in [0.2, 0.25) is 5.02 Å². The monoisotopic (exact) mass is 541 g/mol. The number of nitrogens with one attached hydrogen (secondary N) is 1. The molecular formula is C30H36ClNO6. The molecule has 1 atom stereocenters. The molecule has 0 aromatic heterocycles. The number of carboxylic acids is 2. The molecule has 2 aromatic carbocycles. The van der Waals surface area contributed by atoms with Crippen molar-refractivity contribution < 1.29 is 29.3 Å². The zero-order valence-electron chi connectivity index (χ0n) is 21.6. The third-order valence-corrected chi connectivity index (χ3v) is 6.14. The van der Waals surface area contributed by atoms with Gasteiger partial charge in [-0.1, -0.05) is 68.4 Å². The summed E-state index contributed by atoms with van der Waals surface area (Å²) in [6, 6.07) is 14.1. The van der Waals surface area contributed by atoms with E-state index in [1.54, 1.807) is 12.1 Å². The lowest BCUT2D eigenvalue weighted by Gasteiger charge is -2.12. The fraction of sp³-hybridized carbons (Fsp3) is 0.433. The Kier molecular flexibility index (Phi) is 14.4. The maximum absolute atomic E-state index is 12.1. The Morgan fingerprint density at radius 1 is 0.816 bits per heavy atom. The highest BCUT2D eigenvalue weighted by Crippen LogP contribution is 2.14. The Labute approximate surface area is 229 Å². The average molecular weight is 542 g/mol. The zero-order valence-corrected chi connectivity index (χ0v) is 22.3. The number of esters is 1. The topological polar surface area (TPSA) is 113 Å². The fourth-order valence-electron chi connectivity index (χ4n) is 3.77. The molecule has 38 heavy (non-hydrogen) atoms. The number of aliphatic carboxylic acids is 2. The van der Waals surface area contributed by atoms with Crippen LogP contribution in [0.3, 0.4) is 0 Å². The van der Waals surface area contributed by atoms with Gasteiger partial charge in [0.05, 0.1) is 12.0 Å². The second kappa shape index (κ2) is 17.9. The largest absolute Gasteiger partial charge is 0.481 e. The van der Waals surface area contributed by atoms with Crippen LogP contribution < -0.4 is 5.32 Å². The van der Waals surface area contributed by atoms with Gasteiger partial charge >= 0.3 is 17.9 Å². The van der Waals surface area contributed by atoms with Gasteiger partial charge in [-0.05, 0) is 61.4 Å². The highest BCUT2D eigenvalue weighted by molar-refractivity contribution is 6.30. The molecule has 3 N–H and O–H groups in total. The number of benzene rings is 2. The molecule has 2 rings (SSSR count). The van der Waals surface area contributed by atoms with Crippen molar-refractivity contribution in [2.75, 3.05) is 11.9 Å². The first kappa shape index (κ1) is 30.7. The molecular weight excluding hydrogens is 506 g/mol. The lowest BCUT2D eigenvalue weighted by molar-refractivity contribution is -0.153. The van der Waals surface area contributed by atoms with E-state index in [1.807, 2.05) is 24.3 Å². The standard InChI is InChI=1S/C30H36ClNO6/c31-25-17-13-23(14-18-25)12-10-8-6-4-2-1-3-5-7-9-11-21-32-26-19-15-24(16-20-26)30(37)38-27(29(35)36)22-28(33)34/h13-20,27,32H,1-9,11,21-22H2,(H,33,34)(H,35,36). The Morgan fingerprint density at radius 3 is 1.97 bits per heavy atom. The van der Waals surface area contributed by atoms with E-state index in [0.29, 0.717) is 0 Å². The van der Waals surface area contributed by atoms with Crippen LogP contribution in [0, 0.1) is 11.8 Å². The molecule has 7 nitrogen and oxygen atoms in total. The summed E-state index contributed by atoms with van der Waals surface area (Å²) in [7, 11) is 0. The summed E-state index contributed by atoms with van der Waals surface area (Å²) in [6.45, 7) is 0.820. The summed E-state index contributed by atoms with van der Waals surface area (Å²) in [5, 5.41) is 21.8. The van der Waals surface area contributed by atoms with E-state index in [-0.39, 0.29) is 5.56 Å². The minimum absolute atomic E-state index is 0.165. The molecule has 0 aliphatic carbocycles. The van der Waals surface area contributed by atoms with Crippen LogP contribution in [-0.2, 0) is 14.3 Å². The summed E-state index contributed by atoms with van der Waals surface area (Å²) in [5.74, 6) is 2.69.